The zero-order valence-electron chi connectivity index (χ0n) is 4.28. The van der Waals surface area contributed by atoms with Crippen LogP contribution in [0.15, 0.2) is 0 Å². The summed E-state index contributed by atoms with van der Waals surface area (Å²) in [5.41, 5.74) is 0. The molecule has 0 spiro atoms. The molecule has 0 radical (unpaired) electrons. The van der Waals surface area contributed by atoms with Gasteiger partial charge in [-0.25, -0.2) is 4.79 Å². The van der Waals surface area contributed by atoms with Crippen LogP contribution in [0.25, 0.3) is 0 Å². The third-order valence-electron chi connectivity index (χ3n) is 0.470. The quantitative estimate of drug-likeness (QED) is 0.460. The van der Waals surface area contributed by atoms with Crippen LogP contribution < -0.4 is 0 Å². The number of rotatable bonds is 2. The Morgan fingerprint density at radius 1 is 1.40 bits per heavy atom. The summed E-state index contributed by atoms with van der Waals surface area (Å²) in [4.78, 5) is 9.06. The molecule has 0 aromatic heterocycles. The van der Waals surface area contributed by atoms with Gasteiger partial charge in [-0.1, -0.05) is 0 Å². The van der Waals surface area contributed by atoms with E-state index < -0.39 is 18.8 Å². The van der Waals surface area contributed by atoms with E-state index in [1.165, 1.54) is 0 Å². The van der Waals surface area contributed by atoms with Gasteiger partial charge in [-0.2, -0.15) is 17.6 Å². The third kappa shape index (κ3) is 2.60. The molecule has 0 amide bonds. The average molecular weight is 164 g/mol. The van der Waals surface area contributed by atoms with Gasteiger partial charge in [0.1, 0.15) is 0 Å². The molecular weight excluding hydrogens is 163 g/mol. The van der Waals surface area contributed by atoms with Gasteiger partial charge >= 0.3 is 18.8 Å². The normalized spacial score (nSPS) is 11.8. The number of carbonyl (C=O) groups excluding carboxylic acids is 1. The van der Waals surface area contributed by atoms with E-state index in [2.05, 4.69) is 4.74 Å². The van der Waals surface area contributed by atoms with Crippen LogP contribution in [-0.2, 0) is 4.74 Å². The Morgan fingerprint density at radius 2 is 1.80 bits per heavy atom. The molecule has 10 heavy (non-hydrogen) atoms. The van der Waals surface area contributed by atoms with Gasteiger partial charge in [0.05, 0.1) is 0 Å². The van der Waals surface area contributed by atoms with E-state index in [1.54, 1.807) is 0 Å². The first-order valence-corrected chi connectivity index (χ1v) is 1.90. The van der Waals surface area contributed by atoms with Crippen molar-refractivity contribution in [2.24, 2.45) is 0 Å². The van der Waals surface area contributed by atoms with Gasteiger partial charge in [-0.15, -0.1) is 4.39 Å². The molecule has 0 saturated heterocycles. The summed E-state index contributed by atoms with van der Waals surface area (Å²) in [7, 11) is 0. The lowest BCUT2D eigenvalue weighted by Crippen LogP contribution is -2.31. The second-order valence-corrected chi connectivity index (χ2v) is 1.20. The van der Waals surface area contributed by atoms with Crippen molar-refractivity contribution >= 4 is 6.22 Å². The van der Waals surface area contributed by atoms with Gasteiger partial charge in [-0.3, -0.25) is 0 Å². The van der Waals surface area contributed by atoms with Gasteiger partial charge in [0, 0.05) is 0 Å². The first-order chi connectivity index (χ1) is 4.36. The van der Waals surface area contributed by atoms with E-state index in [-0.39, 0.29) is 0 Å². The molecule has 2 nitrogen and oxygen atoms in total. The molecule has 0 atom stereocenters. The predicted octanol–water partition coefficient (Wildman–Crippen LogP) is 1.95. The van der Waals surface area contributed by atoms with Crippen LogP contribution in [0.2, 0.25) is 0 Å². The lowest BCUT2D eigenvalue weighted by molar-refractivity contribution is -0.272. The van der Waals surface area contributed by atoms with Crippen LogP contribution in [0.4, 0.5) is 26.7 Å². The zero-order valence-corrected chi connectivity index (χ0v) is 4.28. The van der Waals surface area contributed by atoms with Gasteiger partial charge in [0.15, 0.2) is 0 Å². The molecule has 0 aromatic rings. The fourth-order valence-corrected chi connectivity index (χ4v) is 0.152. The Morgan fingerprint density at radius 3 is 1.90 bits per heavy atom. The van der Waals surface area contributed by atoms with E-state index in [0.29, 0.717) is 0 Å². The molecule has 0 rings (SSSR count). The summed E-state index contributed by atoms with van der Waals surface area (Å²) in [6, 6.07) is 0. The monoisotopic (exact) mass is 164 g/mol. The highest BCUT2D eigenvalue weighted by Gasteiger charge is 2.45. The summed E-state index contributed by atoms with van der Waals surface area (Å²) in [5, 5.41) is 0. The topological polar surface area (TPSA) is 26.3 Å². The van der Waals surface area contributed by atoms with Gasteiger partial charge in [-0.05, 0) is 0 Å². The smallest absolute Gasteiger partial charge is 0.370 e. The van der Waals surface area contributed by atoms with Crippen molar-refractivity contribution in [1.29, 1.82) is 0 Å². The summed E-state index contributed by atoms with van der Waals surface area (Å²) < 4.78 is 57.9. The summed E-state index contributed by atoms with van der Waals surface area (Å²) >= 11 is 0. The molecule has 60 valence electrons. The Kier molecular flexibility index (Phi) is 2.56. The Hall–Kier alpha value is -0.880. The lowest BCUT2D eigenvalue weighted by Gasteiger charge is -2.11. The molecule has 0 aromatic carbocycles. The minimum atomic E-state index is -5.04. The minimum Gasteiger partial charge on any atom is -0.370 e. The number of hydrogen-bond acceptors (Lipinski definition) is 2. The number of ether oxygens (including phenoxy) is 1. The fourth-order valence-electron chi connectivity index (χ4n) is 0.152. The standard InChI is InChI=1S/C3HF5O2/c4-1(5)3(7,8)10-2(6)9/h1H. The van der Waals surface area contributed by atoms with Crippen LogP contribution in [0.5, 0.6) is 0 Å². The summed E-state index contributed by atoms with van der Waals surface area (Å²) in [6.07, 6.45) is -12.2. The largest absolute Gasteiger partial charge is 0.500 e. The number of hydrogen-bond donors (Lipinski definition) is 0. The van der Waals surface area contributed by atoms with Gasteiger partial charge < -0.3 is 4.74 Å². The number of alkyl halides is 4. The Bertz CT molecular complexity index is 133. The molecule has 0 N–H and O–H groups in total. The van der Waals surface area contributed by atoms with Crippen molar-refractivity contribution in [3.8, 4) is 0 Å². The van der Waals surface area contributed by atoms with Crippen molar-refractivity contribution in [3.63, 3.8) is 0 Å². The first kappa shape index (κ1) is 9.12. The molecule has 0 heterocycles. The van der Waals surface area contributed by atoms with Crippen LogP contribution in [0.3, 0.4) is 0 Å². The third-order valence-corrected chi connectivity index (χ3v) is 0.470. The van der Waals surface area contributed by atoms with E-state index in [9.17, 15) is 22.0 Å². The number of carbonyl (C=O) groups is 1. The van der Waals surface area contributed by atoms with E-state index in [0.717, 1.165) is 0 Å². The average Bonchev–Trinajstić information content (AvgIpc) is 1.60. The molecule has 0 aliphatic heterocycles. The van der Waals surface area contributed by atoms with Crippen molar-refractivity contribution in [3.05, 3.63) is 0 Å². The van der Waals surface area contributed by atoms with E-state index >= 15 is 0 Å². The lowest BCUT2D eigenvalue weighted by atomic mass is 10.7. The zero-order chi connectivity index (χ0) is 8.36. The highest BCUT2D eigenvalue weighted by atomic mass is 19.3. The van der Waals surface area contributed by atoms with Gasteiger partial charge in [0.2, 0.25) is 0 Å². The molecule has 7 heteroatoms. The highest BCUT2D eigenvalue weighted by molar-refractivity contribution is 5.58. The first-order valence-electron chi connectivity index (χ1n) is 1.90. The van der Waals surface area contributed by atoms with Crippen LogP contribution in [0, 0.1) is 0 Å². The van der Waals surface area contributed by atoms with Crippen LogP contribution in [0.1, 0.15) is 0 Å². The second kappa shape index (κ2) is 2.80. The summed E-state index contributed by atoms with van der Waals surface area (Å²) in [5.74, 6) is 0. The molecule has 0 unspecified atom stereocenters. The van der Waals surface area contributed by atoms with Crippen LogP contribution in [-0.4, -0.2) is 18.8 Å². The van der Waals surface area contributed by atoms with Crippen molar-refractivity contribution in [2.45, 2.75) is 12.5 Å². The van der Waals surface area contributed by atoms with Crippen LogP contribution >= 0.6 is 0 Å². The minimum absolute atomic E-state index is 2.31. The second-order valence-electron chi connectivity index (χ2n) is 1.20. The molecule has 0 fully saturated rings. The van der Waals surface area contributed by atoms with Crippen molar-refractivity contribution in [2.75, 3.05) is 0 Å². The molecule has 0 saturated carbocycles. The van der Waals surface area contributed by atoms with E-state index in [1.807, 2.05) is 0 Å². The highest BCUT2D eigenvalue weighted by Crippen LogP contribution is 2.24. The maximum absolute atomic E-state index is 11.4. The molecular formula is C3HF5O2. The predicted molar refractivity (Wildman–Crippen MR) is 18.5 cm³/mol. The maximum atomic E-state index is 11.4. The fraction of sp³-hybridized carbons (Fsp3) is 0.667. The maximum Gasteiger partial charge on any atom is 0.500 e. The Balaban J connectivity index is 3.99. The molecule has 0 bridgehead atoms. The Labute approximate surface area is 51.6 Å². The van der Waals surface area contributed by atoms with Crippen molar-refractivity contribution in [1.82, 2.24) is 0 Å². The molecule has 0 aliphatic carbocycles. The van der Waals surface area contributed by atoms with Crippen molar-refractivity contribution < 1.29 is 31.5 Å². The summed E-state index contributed by atoms with van der Waals surface area (Å²) in [6.45, 7) is 0. The van der Waals surface area contributed by atoms with Gasteiger partial charge in [0.25, 0.3) is 0 Å². The molecule has 0 aliphatic rings. The number of halogens is 5. The van der Waals surface area contributed by atoms with E-state index in [4.69, 9.17) is 4.79 Å². The SMILES string of the molecule is O=C(F)OC(F)(F)C(F)F.